The molecular weight excluding hydrogens is 307 g/mol. The summed E-state index contributed by atoms with van der Waals surface area (Å²) in [6.07, 6.45) is -4.52. The third-order valence-corrected chi connectivity index (χ3v) is 3.16. The Labute approximate surface area is 132 Å². The van der Waals surface area contributed by atoms with E-state index in [0.717, 1.165) is 17.2 Å². The van der Waals surface area contributed by atoms with Gasteiger partial charge in [-0.3, -0.25) is 4.79 Å². The second-order valence-electron chi connectivity index (χ2n) is 5.04. The van der Waals surface area contributed by atoms with Crippen LogP contribution in [0.5, 0.6) is 5.75 Å². The third-order valence-electron chi connectivity index (χ3n) is 3.16. The molecule has 0 radical (unpaired) electrons. The van der Waals surface area contributed by atoms with Gasteiger partial charge in [-0.1, -0.05) is 42.0 Å². The number of amides is 1. The number of benzene rings is 2. The Morgan fingerprint density at radius 2 is 1.74 bits per heavy atom. The van der Waals surface area contributed by atoms with E-state index in [4.69, 9.17) is 4.74 Å². The van der Waals surface area contributed by atoms with Gasteiger partial charge in [-0.25, -0.2) is 0 Å². The van der Waals surface area contributed by atoms with E-state index in [-0.39, 0.29) is 5.75 Å². The lowest BCUT2D eigenvalue weighted by Crippen LogP contribution is -2.28. The molecule has 3 nitrogen and oxygen atoms in total. The highest BCUT2D eigenvalue weighted by Crippen LogP contribution is 2.35. The molecule has 6 heteroatoms. The van der Waals surface area contributed by atoms with E-state index in [1.165, 1.54) is 18.2 Å². The van der Waals surface area contributed by atoms with Crippen molar-refractivity contribution in [3.8, 4) is 5.75 Å². The van der Waals surface area contributed by atoms with Crippen LogP contribution in [-0.2, 0) is 17.5 Å². The van der Waals surface area contributed by atoms with Crippen LogP contribution in [0.3, 0.4) is 0 Å². The molecule has 0 spiro atoms. The second kappa shape index (κ2) is 7.17. The Morgan fingerprint density at radius 3 is 2.39 bits per heavy atom. The molecule has 0 unspecified atom stereocenters. The molecule has 1 amide bonds. The second-order valence-corrected chi connectivity index (χ2v) is 5.04. The standard InChI is InChI=1S/C17H16F3NO2/c1-12-6-8-13(9-7-12)10-21-16(22)11-23-15-5-3-2-4-14(15)17(18,19)20/h2-9H,10-11H2,1H3,(H,21,22). The van der Waals surface area contributed by atoms with E-state index in [2.05, 4.69) is 5.32 Å². The summed E-state index contributed by atoms with van der Waals surface area (Å²) < 4.78 is 43.4. The summed E-state index contributed by atoms with van der Waals surface area (Å²) in [6.45, 7) is 1.77. The van der Waals surface area contributed by atoms with Crippen molar-refractivity contribution in [1.82, 2.24) is 5.32 Å². The minimum absolute atomic E-state index is 0.295. The van der Waals surface area contributed by atoms with Crippen molar-refractivity contribution < 1.29 is 22.7 Å². The summed E-state index contributed by atoms with van der Waals surface area (Å²) in [5.74, 6) is -0.840. The summed E-state index contributed by atoms with van der Waals surface area (Å²) in [6, 6.07) is 12.4. The van der Waals surface area contributed by atoms with Gasteiger partial charge in [-0.2, -0.15) is 13.2 Å². The predicted octanol–water partition coefficient (Wildman–Crippen LogP) is 3.71. The van der Waals surface area contributed by atoms with Crippen LogP contribution in [0.25, 0.3) is 0 Å². The van der Waals surface area contributed by atoms with E-state index in [0.29, 0.717) is 6.54 Å². The van der Waals surface area contributed by atoms with Gasteiger partial charge < -0.3 is 10.1 Å². The van der Waals surface area contributed by atoms with E-state index >= 15 is 0 Å². The van der Waals surface area contributed by atoms with Crippen molar-refractivity contribution >= 4 is 5.91 Å². The topological polar surface area (TPSA) is 38.3 Å². The number of hydrogen-bond acceptors (Lipinski definition) is 2. The average Bonchev–Trinajstić information content (AvgIpc) is 2.52. The number of carbonyl (C=O) groups excluding carboxylic acids is 1. The number of ether oxygens (including phenoxy) is 1. The lowest BCUT2D eigenvalue weighted by molar-refractivity contribution is -0.139. The van der Waals surface area contributed by atoms with Crippen LogP contribution in [-0.4, -0.2) is 12.5 Å². The summed E-state index contributed by atoms with van der Waals surface area (Å²) in [4.78, 5) is 11.7. The number of hydrogen-bond donors (Lipinski definition) is 1. The Balaban J connectivity index is 1.89. The molecule has 0 bridgehead atoms. The normalized spacial score (nSPS) is 11.1. The fraction of sp³-hybridized carbons (Fsp3) is 0.235. The number of halogens is 3. The lowest BCUT2D eigenvalue weighted by Gasteiger charge is -2.13. The lowest BCUT2D eigenvalue weighted by atomic mass is 10.1. The van der Waals surface area contributed by atoms with Gasteiger partial charge >= 0.3 is 6.18 Å². The van der Waals surface area contributed by atoms with Crippen molar-refractivity contribution in [3.63, 3.8) is 0 Å². The van der Waals surface area contributed by atoms with Crippen molar-refractivity contribution in [2.45, 2.75) is 19.6 Å². The first kappa shape index (κ1) is 16.9. The van der Waals surface area contributed by atoms with Gasteiger partial charge in [-0.15, -0.1) is 0 Å². The first-order valence-electron chi connectivity index (χ1n) is 6.97. The molecule has 1 N–H and O–H groups in total. The Morgan fingerprint density at radius 1 is 1.09 bits per heavy atom. The molecule has 0 fully saturated rings. The maximum Gasteiger partial charge on any atom is 0.419 e. The molecule has 122 valence electrons. The van der Waals surface area contributed by atoms with Crippen LogP contribution in [0, 0.1) is 6.92 Å². The number of alkyl halides is 3. The van der Waals surface area contributed by atoms with Crippen LogP contribution < -0.4 is 10.1 Å². The van der Waals surface area contributed by atoms with E-state index in [9.17, 15) is 18.0 Å². The van der Waals surface area contributed by atoms with E-state index in [1.54, 1.807) is 0 Å². The molecule has 0 aliphatic rings. The Kier molecular flexibility index (Phi) is 5.26. The van der Waals surface area contributed by atoms with Gasteiger partial charge in [0.2, 0.25) is 0 Å². The average molecular weight is 323 g/mol. The number of carbonyl (C=O) groups is 1. The van der Waals surface area contributed by atoms with Crippen LogP contribution in [0.2, 0.25) is 0 Å². The molecule has 23 heavy (non-hydrogen) atoms. The number of aryl methyl sites for hydroxylation is 1. The zero-order chi connectivity index (χ0) is 16.9. The highest BCUT2D eigenvalue weighted by atomic mass is 19.4. The first-order chi connectivity index (χ1) is 10.9. The van der Waals surface area contributed by atoms with Gasteiger partial charge in [-0.05, 0) is 24.6 Å². The van der Waals surface area contributed by atoms with Crippen molar-refractivity contribution in [1.29, 1.82) is 0 Å². The van der Waals surface area contributed by atoms with Crippen molar-refractivity contribution in [3.05, 3.63) is 65.2 Å². The molecule has 0 aliphatic carbocycles. The molecule has 2 rings (SSSR count). The van der Waals surface area contributed by atoms with Crippen LogP contribution in [0.4, 0.5) is 13.2 Å². The minimum atomic E-state index is -4.52. The van der Waals surface area contributed by atoms with Crippen LogP contribution in [0.15, 0.2) is 48.5 Å². The van der Waals surface area contributed by atoms with Gasteiger partial charge in [0, 0.05) is 6.54 Å². The van der Waals surface area contributed by atoms with Crippen LogP contribution >= 0.6 is 0 Å². The van der Waals surface area contributed by atoms with Crippen molar-refractivity contribution in [2.24, 2.45) is 0 Å². The molecule has 2 aromatic carbocycles. The summed E-state index contributed by atoms with van der Waals surface area (Å²) in [5, 5.41) is 2.60. The summed E-state index contributed by atoms with van der Waals surface area (Å²) >= 11 is 0. The number of para-hydroxylation sites is 1. The number of rotatable bonds is 5. The molecule has 0 saturated carbocycles. The Bertz CT molecular complexity index is 666. The summed E-state index contributed by atoms with van der Waals surface area (Å²) in [5.41, 5.74) is 1.11. The quantitative estimate of drug-likeness (QED) is 0.911. The maximum atomic E-state index is 12.8. The SMILES string of the molecule is Cc1ccc(CNC(=O)COc2ccccc2C(F)(F)F)cc1. The van der Waals surface area contributed by atoms with Gasteiger partial charge in [0.25, 0.3) is 5.91 Å². The summed E-state index contributed by atoms with van der Waals surface area (Å²) in [7, 11) is 0. The fourth-order valence-electron chi connectivity index (χ4n) is 1.93. The maximum absolute atomic E-state index is 12.8. The fourth-order valence-corrected chi connectivity index (χ4v) is 1.93. The highest BCUT2D eigenvalue weighted by Gasteiger charge is 2.34. The van der Waals surface area contributed by atoms with Crippen LogP contribution in [0.1, 0.15) is 16.7 Å². The smallest absolute Gasteiger partial charge is 0.419 e. The van der Waals surface area contributed by atoms with E-state index < -0.39 is 24.3 Å². The predicted molar refractivity (Wildman–Crippen MR) is 80.0 cm³/mol. The highest BCUT2D eigenvalue weighted by molar-refractivity contribution is 5.77. The third kappa shape index (κ3) is 5.02. The Hall–Kier alpha value is -2.50. The van der Waals surface area contributed by atoms with Gasteiger partial charge in [0.15, 0.2) is 6.61 Å². The molecule has 2 aromatic rings. The molecule has 0 aromatic heterocycles. The molecule has 0 heterocycles. The zero-order valence-electron chi connectivity index (χ0n) is 12.5. The molecular formula is C17H16F3NO2. The van der Waals surface area contributed by atoms with Gasteiger partial charge in [0.05, 0.1) is 5.56 Å². The van der Waals surface area contributed by atoms with Crippen molar-refractivity contribution in [2.75, 3.05) is 6.61 Å². The molecule has 0 aliphatic heterocycles. The zero-order valence-corrected chi connectivity index (χ0v) is 12.5. The minimum Gasteiger partial charge on any atom is -0.483 e. The molecule has 0 atom stereocenters. The van der Waals surface area contributed by atoms with E-state index in [1.807, 2.05) is 31.2 Å². The van der Waals surface area contributed by atoms with Gasteiger partial charge in [0.1, 0.15) is 5.75 Å². The number of nitrogens with one attached hydrogen (secondary N) is 1. The molecule has 0 saturated heterocycles. The first-order valence-corrected chi connectivity index (χ1v) is 6.97. The largest absolute Gasteiger partial charge is 0.483 e. The monoisotopic (exact) mass is 323 g/mol.